The summed E-state index contributed by atoms with van der Waals surface area (Å²) < 4.78 is 27.1. The van der Waals surface area contributed by atoms with Crippen molar-refractivity contribution in [1.82, 2.24) is 4.31 Å². The highest BCUT2D eigenvalue weighted by Crippen LogP contribution is 2.29. The number of piperidine rings is 1. The van der Waals surface area contributed by atoms with Gasteiger partial charge in [0.05, 0.1) is 4.90 Å². The molecule has 1 saturated heterocycles. The zero-order valence-corrected chi connectivity index (χ0v) is 12.9. The summed E-state index contributed by atoms with van der Waals surface area (Å²) in [5, 5.41) is 0. The second-order valence-electron chi connectivity index (χ2n) is 5.34. The number of hydrogen-bond acceptors (Lipinski definition) is 2. The summed E-state index contributed by atoms with van der Waals surface area (Å²) in [5.41, 5.74) is 0.676. The van der Waals surface area contributed by atoms with Crippen LogP contribution in [0.1, 0.15) is 32.3 Å². The van der Waals surface area contributed by atoms with E-state index in [4.69, 9.17) is 11.6 Å². The first-order valence-corrected chi connectivity index (χ1v) is 8.60. The minimum Gasteiger partial charge on any atom is -0.207 e. The van der Waals surface area contributed by atoms with Crippen molar-refractivity contribution in [3.05, 3.63) is 29.8 Å². The van der Waals surface area contributed by atoms with Crippen molar-refractivity contribution in [2.75, 3.05) is 6.54 Å². The Morgan fingerprint density at radius 3 is 2.63 bits per heavy atom. The molecule has 0 aliphatic carbocycles. The first kappa shape index (κ1) is 14.8. The Kier molecular flexibility index (Phi) is 4.54. The molecule has 0 aromatic heterocycles. The molecule has 0 N–H and O–H groups in total. The van der Waals surface area contributed by atoms with E-state index < -0.39 is 10.0 Å². The third-order valence-electron chi connectivity index (χ3n) is 3.78. The summed E-state index contributed by atoms with van der Waals surface area (Å²) >= 11 is 5.85. The van der Waals surface area contributed by atoms with Gasteiger partial charge in [0.15, 0.2) is 0 Å². The van der Waals surface area contributed by atoms with Crippen LogP contribution in [0, 0.1) is 5.92 Å². The monoisotopic (exact) mass is 301 g/mol. The minimum absolute atomic E-state index is 0.0529. The fourth-order valence-corrected chi connectivity index (χ4v) is 4.93. The Bertz CT molecular complexity index is 544. The van der Waals surface area contributed by atoms with Crippen LogP contribution in [-0.2, 0) is 15.9 Å². The summed E-state index contributed by atoms with van der Waals surface area (Å²) in [6.07, 6.45) is 1.84. The van der Waals surface area contributed by atoms with E-state index in [1.165, 1.54) is 0 Å². The Labute approximate surface area is 120 Å². The molecule has 1 aromatic carbocycles. The molecule has 1 fully saturated rings. The average Bonchev–Trinajstić information content (AvgIpc) is 2.38. The van der Waals surface area contributed by atoms with E-state index in [2.05, 4.69) is 6.92 Å². The molecule has 1 aliphatic heterocycles. The molecular formula is C14H20ClNO2S. The second kappa shape index (κ2) is 5.81. The summed E-state index contributed by atoms with van der Waals surface area (Å²) in [6, 6.07) is 7.05. The van der Waals surface area contributed by atoms with Crippen LogP contribution in [0.5, 0.6) is 0 Å². The molecule has 19 heavy (non-hydrogen) atoms. The largest absolute Gasteiger partial charge is 0.243 e. The van der Waals surface area contributed by atoms with Gasteiger partial charge in [-0.25, -0.2) is 8.42 Å². The van der Waals surface area contributed by atoms with Gasteiger partial charge in [-0.3, -0.25) is 0 Å². The van der Waals surface area contributed by atoms with Gasteiger partial charge in [0.1, 0.15) is 0 Å². The normalized spacial score (nSPS) is 25.4. The van der Waals surface area contributed by atoms with E-state index in [1.54, 1.807) is 22.5 Å². The third kappa shape index (κ3) is 2.96. The first-order chi connectivity index (χ1) is 8.96. The lowest BCUT2D eigenvalue weighted by atomic mass is 9.95. The molecule has 3 nitrogen and oxygen atoms in total. The number of alkyl halides is 1. The molecule has 1 aromatic rings. The minimum atomic E-state index is -3.43. The van der Waals surface area contributed by atoms with Crippen LogP contribution in [0.2, 0.25) is 0 Å². The van der Waals surface area contributed by atoms with E-state index in [-0.39, 0.29) is 11.9 Å². The summed E-state index contributed by atoms with van der Waals surface area (Å²) in [4.78, 5) is 0.353. The number of benzene rings is 1. The standard InChI is InChI=1S/C14H20ClNO2S/c1-11-7-8-16(12(2)9-11)19(17,18)14-6-4-3-5-13(14)10-15/h3-6,11-12H,7-10H2,1-2H3. The summed E-state index contributed by atoms with van der Waals surface area (Å²) in [5.74, 6) is 0.804. The molecule has 0 radical (unpaired) electrons. The highest BCUT2D eigenvalue weighted by Gasteiger charge is 2.34. The van der Waals surface area contributed by atoms with E-state index in [9.17, 15) is 8.42 Å². The smallest absolute Gasteiger partial charge is 0.207 e. The van der Waals surface area contributed by atoms with Crippen LogP contribution in [0.25, 0.3) is 0 Å². The fourth-order valence-electron chi connectivity index (χ4n) is 2.74. The quantitative estimate of drug-likeness (QED) is 0.804. The topological polar surface area (TPSA) is 37.4 Å². The van der Waals surface area contributed by atoms with Crippen LogP contribution in [-0.4, -0.2) is 25.3 Å². The van der Waals surface area contributed by atoms with Gasteiger partial charge in [0.25, 0.3) is 0 Å². The van der Waals surface area contributed by atoms with Crippen LogP contribution < -0.4 is 0 Å². The highest BCUT2D eigenvalue weighted by atomic mass is 35.5. The maximum atomic E-state index is 12.8. The predicted molar refractivity (Wildman–Crippen MR) is 77.8 cm³/mol. The second-order valence-corrected chi connectivity index (χ2v) is 7.46. The van der Waals surface area contributed by atoms with Gasteiger partial charge in [-0.05, 0) is 37.3 Å². The van der Waals surface area contributed by atoms with Crippen molar-refractivity contribution in [2.45, 2.75) is 43.5 Å². The van der Waals surface area contributed by atoms with Crippen molar-refractivity contribution in [1.29, 1.82) is 0 Å². The van der Waals surface area contributed by atoms with Gasteiger partial charge in [0.2, 0.25) is 10.0 Å². The van der Waals surface area contributed by atoms with E-state index in [1.807, 2.05) is 13.0 Å². The number of sulfonamides is 1. The molecule has 1 aliphatic rings. The van der Waals surface area contributed by atoms with Gasteiger partial charge in [-0.1, -0.05) is 25.1 Å². The molecule has 106 valence electrons. The number of halogens is 1. The van der Waals surface area contributed by atoms with Gasteiger partial charge < -0.3 is 0 Å². The fraction of sp³-hybridized carbons (Fsp3) is 0.571. The molecule has 1 heterocycles. The Morgan fingerprint density at radius 1 is 1.32 bits per heavy atom. The average molecular weight is 302 g/mol. The number of nitrogens with zero attached hydrogens (tertiary/aromatic N) is 1. The van der Waals surface area contributed by atoms with Gasteiger partial charge in [-0.2, -0.15) is 4.31 Å². The van der Waals surface area contributed by atoms with Crippen molar-refractivity contribution < 1.29 is 8.42 Å². The van der Waals surface area contributed by atoms with Crippen molar-refractivity contribution in [3.63, 3.8) is 0 Å². The van der Waals surface area contributed by atoms with Gasteiger partial charge in [-0.15, -0.1) is 11.6 Å². The lowest BCUT2D eigenvalue weighted by Gasteiger charge is -2.35. The lowest BCUT2D eigenvalue weighted by molar-refractivity contribution is 0.220. The van der Waals surface area contributed by atoms with Crippen LogP contribution in [0.4, 0.5) is 0 Å². The number of rotatable bonds is 3. The van der Waals surface area contributed by atoms with Crippen molar-refractivity contribution >= 4 is 21.6 Å². The van der Waals surface area contributed by atoms with Crippen molar-refractivity contribution in [2.24, 2.45) is 5.92 Å². The van der Waals surface area contributed by atoms with Gasteiger partial charge in [0, 0.05) is 18.5 Å². The Hall–Kier alpha value is -0.580. The van der Waals surface area contributed by atoms with Crippen LogP contribution >= 0.6 is 11.6 Å². The third-order valence-corrected chi connectivity index (χ3v) is 6.18. The summed E-state index contributed by atoms with van der Waals surface area (Å²) in [7, 11) is -3.43. The van der Waals surface area contributed by atoms with Crippen LogP contribution in [0.3, 0.4) is 0 Å². The molecule has 5 heteroatoms. The molecule has 0 bridgehead atoms. The van der Waals surface area contributed by atoms with E-state index >= 15 is 0 Å². The molecule has 2 atom stereocenters. The maximum absolute atomic E-state index is 12.8. The SMILES string of the molecule is CC1CCN(S(=O)(=O)c2ccccc2CCl)C(C)C1. The molecule has 0 saturated carbocycles. The molecule has 2 rings (SSSR count). The number of hydrogen-bond donors (Lipinski definition) is 0. The maximum Gasteiger partial charge on any atom is 0.243 e. The Morgan fingerprint density at radius 2 is 2.00 bits per heavy atom. The molecule has 2 unspecified atom stereocenters. The molecule has 0 amide bonds. The lowest BCUT2D eigenvalue weighted by Crippen LogP contribution is -2.44. The van der Waals surface area contributed by atoms with Crippen LogP contribution in [0.15, 0.2) is 29.2 Å². The first-order valence-electron chi connectivity index (χ1n) is 6.62. The van der Waals surface area contributed by atoms with Crippen molar-refractivity contribution in [3.8, 4) is 0 Å². The molecular weight excluding hydrogens is 282 g/mol. The zero-order valence-electron chi connectivity index (χ0n) is 11.3. The summed E-state index contributed by atoms with van der Waals surface area (Å²) in [6.45, 7) is 4.75. The zero-order chi connectivity index (χ0) is 14.0. The Balaban J connectivity index is 2.37. The van der Waals surface area contributed by atoms with E-state index in [0.717, 1.165) is 12.8 Å². The highest BCUT2D eigenvalue weighted by molar-refractivity contribution is 7.89. The molecule has 0 spiro atoms. The predicted octanol–water partition coefficient (Wildman–Crippen LogP) is 3.23. The van der Waals surface area contributed by atoms with Gasteiger partial charge >= 0.3 is 0 Å². The van der Waals surface area contributed by atoms with E-state index in [0.29, 0.717) is 22.9 Å².